The van der Waals surface area contributed by atoms with E-state index in [0.717, 1.165) is 26.3 Å². The highest BCUT2D eigenvalue weighted by molar-refractivity contribution is 9.11. The summed E-state index contributed by atoms with van der Waals surface area (Å²) in [5.74, 6) is 0. The molecule has 0 aliphatic heterocycles. The lowest BCUT2D eigenvalue weighted by Crippen LogP contribution is -2.25. The van der Waals surface area contributed by atoms with Gasteiger partial charge in [-0.1, -0.05) is 0 Å². The van der Waals surface area contributed by atoms with Crippen molar-refractivity contribution < 1.29 is 13.5 Å². The van der Waals surface area contributed by atoms with Crippen molar-refractivity contribution in [2.45, 2.75) is 24.3 Å². The number of aliphatic hydroxyl groups excluding tert-OH is 1. The van der Waals surface area contributed by atoms with Gasteiger partial charge in [0.25, 0.3) is 10.0 Å². The van der Waals surface area contributed by atoms with Crippen molar-refractivity contribution in [3.8, 4) is 0 Å². The minimum absolute atomic E-state index is 0.132. The van der Waals surface area contributed by atoms with Gasteiger partial charge in [0, 0.05) is 18.5 Å². The van der Waals surface area contributed by atoms with Gasteiger partial charge in [0.1, 0.15) is 4.21 Å². The number of aryl methyl sites for hydroxylation is 1. The quantitative estimate of drug-likeness (QED) is 0.845. The maximum absolute atomic E-state index is 12.5. The Kier molecular flexibility index (Phi) is 5.04. The molecule has 0 aromatic carbocycles. The van der Waals surface area contributed by atoms with E-state index in [4.69, 9.17) is 0 Å². The standard InChI is InChI=1S/C12H14BrNO3S3/c1-8-3-12(19-10(8)6-15)20(16,17)14(2)5-9-4-11(13)18-7-9/h3-4,7,15H,5-6H2,1-2H3. The fraction of sp³-hybridized carbons (Fsp3) is 0.333. The van der Waals surface area contributed by atoms with Gasteiger partial charge < -0.3 is 5.11 Å². The summed E-state index contributed by atoms with van der Waals surface area (Å²) in [4.78, 5) is 0.690. The second-order valence-corrected chi connectivity index (χ2v) is 10.0. The third-order valence-electron chi connectivity index (χ3n) is 2.83. The summed E-state index contributed by atoms with van der Waals surface area (Å²) in [5.41, 5.74) is 1.76. The molecule has 2 heterocycles. The van der Waals surface area contributed by atoms with E-state index in [1.807, 2.05) is 11.4 Å². The van der Waals surface area contributed by atoms with Gasteiger partial charge in [-0.05, 0) is 51.5 Å². The van der Waals surface area contributed by atoms with E-state index in [2.05, 4.69) is 15.9 Å². The summed E-state index contributed by atoms with van der Waals surface area (Å²) < 4.78 is 27.5. The number of aliphatic hydroxyl groups is 1. The van der Waals surface area contributed by atoms with Crippen molar-refractivity contribution >= 4 is 48.6 Å². The smallest absolute Gasteiger partial charge is 0.252 e. The molecule has 8 heteroatoms. The van der Waals surface area contributed by atoms with E-state index in [1.165, 1.54) is 15.6 Å². The molecule has 0 fully saturated rings. The minimum Gasteiger partial charge on any atom is -0.391 e. The molecule has 0 saturated heterocycles. The molecule has 0 aliphatic carbocycles. The highest BCUT2D eigenvalue weighted by atomic mass is 79.9. The number of nitrogens with zero attached hydrogens (tertiary/aromatic N) is 1. The zero-order chi connectivity index (χ0) is 14.9. The number of halogens is 1. The predicted octanol–water partition coefficient (Wildman–Crippen LogP) is 3.19. The van der Waals surface area contributed by atoms with Gasteiger partial charge in [-0.25, -0.2) is 8.42 Å². The van der Waals surface area contributed by atoms with Crippen LogP contribution in [0.25, 0.3) is 0 Å². The molecule has 110 valence electrons. The largest absolute Gasteiger partial charge is 0.391 e. The lowest BCUT2D eigenvalue weighted by molar-refractivity contribution is 0.285. The fourth-order valence-electron chi connectivity index (χ4n) is 1.70. The van der Waals surface area contributed by atoms with Crippen LogP contribution in [0.2, 0.25) is 0 Å². The number of rotatable bonds is 5. The van der Waals surface area contributed by atoms with Gasteiger partial charge in [-0.15, -0.1) is 22.7 Å². The molecule has 0 unspecified atom stereocenters. The summed E-state index contributed by atoms with van der Waals surface area (Å²) >= 11 is 6.02. The molecule has 2 aromatic heterocycles. The Labute approximate surface area is 134 Å². The molecular formula is C12H14BrNO3S3. The first-order valence-corrected chi connectivity index (χ1v) is 9.67. The van der Waals surface area contributed by atoms with Gasteiger partial charge in [0.15, 0.2) is 0 Å². The van der Waals surface area contributed by atoms with Gasteiger partial charge >= 0.3 is 0 Å². The molecule has 0 atom stereocenters. The van der Waals surface area contributed by atoms with Crippen LogP contribution in [0.1, 0.15) is 16.0 Å². The van der Waals surface area contributed by atoms with E-state index in [1.54, 1.807) is 20.0 Å². The molecule has 0 spiro atoms. The van der Waals surface area contributed by atoms with Crippen LogP contribution in [0, 0.1) is 6.92 Å². The number of hydrogen-bond donors (Lipinski definition) is 1. The fourth-order valence-corrected chi connectivity index (χ4v) is 5.72. The van der Waals surface area contributed by atoms with Crippen LogP contribution in [-0.2, 0) is 23.2 Å². The van der Waals surface area contributed by atoms with Crippen molar-refractivity contribution in [2.24, 2.45) is 0 Å². The number of thiophene rings is 2. The molecule has 0 aliphatic rings. The Morgan fingerprint density at radius 2 is 2.10 bits per heavy atom. The second-order valence-electron chi connectivity index (χ2n) is 4.35. The SMILES string of the molecule is Cc1cc(S(=O)(=O)N(C)Cc2csc(Br)c2)sc1CO. The lowest BCUT2D eigenvalue weighted by Gasteiger charge is -2.15. The van der Waals surface area contributed by atoms with Crippen LogP contribution in [0.4, 0.5) is 0 Å². The van der Waals surface area contributed by atoms with Crippen molar-refractivity contribution in [1.82, 2.24) is 4.31 Å². The Balaban J connectivity index is 2.24. The molecule has 2 aromatic rings. The van der Waals surface area contributed by atoms with Crippen LogP contribution in [-0.4, -0.2) is 24.9 Å². The molecule has 4 nitrogen and oxygen atoms in total. The summed E-state index contributed by atoms with van der Waals surface area (Å²) in [6.07, 6.45) is 0. The van der Waals surface area contributed by atoms with E-state index < -0.39 is 10.0 Å². The van der Waals surface area contributed by atoms with Gasteiger partial charge in [0.2, 0.25) is 0 Å². The van der Waals surface area contributed by atoms with Crippen molar-refractivity contribution in [3.63, 3.8) is 0 Å². The average Bonchev–Trinajstić information content (AvgIpc) is 2.95. The maximum Gasteiger partial charge on any atom is 0.252 e. The molecule has 2 rings (SSSR count). The van der Waals surface area contributed by atoms with E-state index in [0.29, 0.717) is 11.4 Å². The third kappa shape index (κ3) is 3.32. The highest BCUT2D eigenvalue weighted by Crippen LogP contribution is 2.29. The summed E-state index contributed by atoms with van der Waals surface area (Å²) in [6.45, 7) is 2.00. The van der Waals surface area contributed by atoms with Crippen LogP contribution >= 0.6 is 38.6 Å². The first-order chi connectivity index (χ1) is 9.34. The molecule has 0 radical (unpaired) electrons. The third-order valence-corrected chi connectivity index (χ3v) is 7.86. The molecule has 20 heavy (non-hydrogen) atoms. The Morgan fingerprint density at radius 3 is 2.60 bits per heavy atom. The van der Waals surface area contributed by atoms with Crippen molar-refractivity contribution in [1.29, 1.82) is 0 Å². The predicted molar refractivity (Wildman–Crippen MR) is 85.7 cm³/mol. The van der Waals surface area contributed by atoms with Gasteiger partial charge in [-0.2, -0.15) is 4.31 Å². The van der Waals surface area contributed by atoms with Crippen LogP contribution in [0.3, 0.4) is 0 Å². The van der Waals surface area contributed by atoms with Crippen LogP contribution in [0.5, 0.6) is 0 Å². The zero-order valence-corrected chi connectivity index (χ0v) is 15.0. The topological polar surface area (TPSA) is 57.6 Å². The summed E-state index contributed by atoms with van der Waals surface area (Å²) in [5, 5.41) is 11.1. The maximum atomic E-state index is 12.5. The number of sulfonamides is 1. The number of hydrogen-bond acceptors (Lipinski definition) is 5. The zero-order valence-electron chi connectivity index (χ0n) is 11.0. The van der Waals surface area contributed by atoms with Gasteiger partial charge in [0.05, 0.1) is 10.4 Å². The molecule has 0 amide bonds. The molecule has 0 bridgehead atoms. The lowest BCUT2D eigenvalue weighted by atomic mass is 10.3. The van der Waals surface area contributed by atoms with Gasteiger partial charge in [-0.3, -0.25) is 0 Å². The summed E-state index contributed by atoms with van der Waals surface area (Å²) in [6, 6.07) is 3.53. The monoisotopic (exact) mass is 395 g/mol. The van der Waals surface area contributed by atoms with E-state index in [9.17, 15) is 13.5 Å². The average molecular weight is 396 g/mol. The second kappa shape index (κ2) is 6.25. The van der Waals surface area contributed by atoms with Crippen LogP contribution in [0.15, 0.2) is 25.5 Å². The normalized spacial score (nSPS) is 12.2. The molecule has 1 N–H and O–H groups in total. The van der Waals surface area contributed by atoms with E-state index >= 15 is 0 Å². The van der Waals surface area contributed by atoms with Crippen molar-refractivity contribution in [3.05, 3.63) is 37.3 Å². The minimum atomic E-state index is -3.51. The Hall–Kier alpha value is -0.250. The first kappa shape index (κ1) is 16.1. The Morgan fingerprint density at radius 1 is 1.40 bits per heavy atom. The molecular weight excluding hydrogens is 382 g/mol. The first-order valence-electron chi connectivity index (χ1n) is 5.74. The summed E-state index contributed by atoms with van der Waals surface area (Å²) in [7, 11) is -1.95. The van der Waals surface area contributed by atoms with Crippen LogP contribution < -0.4 is 0 Å². The Bertz CT molecular complexity index is 705. The van der Waals surface area contributed by atoms with Crippen molar-refractivity contribution in [2.75, 3.05) is 7.05 Å². The van der Waals surface area contributed by atoms with E-state index in [-0.39, 0.29) is 10.8 Å². The molecule has 0 saturated carbocycles. The highest BCUT2D eigenvalue weighted by Gasteiger charge is 2.24.